The summed E-state index contributed by atoms with van der Waals surface area (Å²) in [5.74, 6) is -0.640. The van der Waals surface area contributed by atoms with Crippen molar-refractivity contribution in [1.29, 1.82) is 0 Å². The van der Waals surface area contributed by atoms with Crippen molar-refractivity contribution in [1.82, 2.24) is 5.32 Å². The lowest BCUT2D eigenvalue weighted by Crippen LogP contribution is -2.28. The molecule has 1 amide bonds. The van der Waals surface area contributed by atoms with Gasteiger partial charge in [0.2, 0.25) is 0 Å². The maximum atomic E-state index is 11.9. The van der Waals surface area contributed by atoms with E-state index >= 15 is 0 Å². The third-order valence-corrected chi connectivity index (χ3v) is 3.53. The minimum absolute atomic E-state index is 0.00874. The minimum Gasteiger partial charge on any atom is -0.380 e. The maximum Gasteiger partial charge on any atom is 0.292 e. The van der Waals surface area contributed by atoms with E-state index in [-0.39, 0.29) is 29.2 Å². The molecule has 116 valence electrons. The van der Waals surface area contributed by atoms with Gasteiger partial charge in [-0.25, -0.2) is 8.42 Å². The Bertz CT molecular complexity index is 642. The second-order valence-corrected chi connectivity index (χ2v) is 6.66. The lowest BCUT2D eigenvalue weighted by molar-refractivity contribution is -0.384. The summed E-state index contributed by atoms with van der Waals surface area (Å²) in [5, 5.41) is 16.1. The van der Waals surface area contributed by atoms with Crippen molar-refractivity contribution in [2.75, 3.05) is 30.4 Å². The zero-order chi connectivity index (χ0) is 16.0. The van der Waals surface area contributed by atoms with Crippen LogP contribution in [0.5, 0.6) is 0 Å². The SMILES string of the molecule is CCNc1cc(C(=O)NCCS(C)(=O)=O)ccc1[N+](=O)[O-]. The first-order valence-electron chi connectivity index (χ1n) is 6.23. The van der Waals surface area contributed by atoms with Gasteiger partial charge in [-0.3, -0.25) is 14.9 Å². The van der Waals surface area contributed by atoms with E-state index in [1.54, 1.807) is 6.92 Å². The van der Waals surface area contributed by atoms with Gasteiger partial charge in [0, 0.05) is 31.0 Å². The van der Waals surface area contributed by atoms with E-state index in [2.05, 4.69) is 10.6 Å². The Balaban J connectivity index is 2.85. The summed E-state index contributed by atoms with van der Waals surface area (Å²) in [6.45, 7) is 2.24. The maximum absolute atomic E-state index is 11.9. The summed E-state index contributed by atoms with van der Waals surface area (Å²) >= 11 is 0. The van der Waals surface area contributed by atoms with Crippen LogP contribution in [0, 0.1) is 10.1 Å². The van der Waals surface area contributed by atoms with Gasteiger partial charge >= 0.3 is 0 Å². The molecule has 0 fully saturated rings. The molecule has 0 aliphatic heterocycles. The quantitative estimate of drug-likeness (QED) is 0.567. The molecule has 0 aromatic heterocycles. The number of rotatable bonds is 7. The van der Waals surface area contributed by atoms with Gasteiger partial charge in [0.05, 0.1) is 10.7 Å². The van der Waals surface area contributed by atoms with E-state index in [0.29, 0.717) is 6.54 Å². The standard InChI is InChI=1S/C12H17N3O5S/c1-3-13-10-8-9(4-5-11(10)15(17)18)12(16)14-6-7-21(2,19)20/h4-5,8,13H,3,6-7H2,1-2H3,(H,14,16). The summed E-state index contributed by atoms with van der Waals surface area (Å²) in [6, 6.07) is 3.94. The van der Waals surface area contributed by atoms with Crippen molar-refractivity contribution in [3.63, 3.8) is 0 Å². The molecule has 21 heavy (non-hydrogen) atoms. The van der Waals surface area contributed by atoms with Gasteiger partial charge in [0.1, 0.15) is 15.5 Å². The van der Waals surface area contributed by atoms with Crippen molar-refractivity contribution in [3.8, 4) is 0 Å². The molecule has 8 nitrogen and oxygen atoms in total. The minimum atomic E-state index is -3.15. The third-order valence-electron chi connectivity index (χ3n) is 2.58. The number of amides is 1. The van der Waals surface area contributed by atoms with Crippen LogP contribution in [0.4, 0.5) is 11.4 Å². The predicted octanol–water partition coefficient (Wildman–Crippen LogP) is 0.801. The third kappa shape index (κ3) is 5.38. The fraction of sp³-hybridized carbons (Fsp3) is 0.417. The second-order valence-electron chi connectivity index (χ2n) is 4.41. The molecule has 0 atom stereocenters. The number of nitro groups is 1. The molecule has 1 rings (SSSR count). The zero-order valence-electron chi connectivity index (χ0n) is 11.8. The van der Waals surface area contributed by atoms with Crippen LogP contribution in [0.15, 0.2) is 18.2 Å². The van der Waals surface area contributed by atoms with Gasteiger partial charge in [0.25, 0.3) is 11.6 Å². The van der Waals surface area contributed by atoms with Crippen molar-refractivity contribution < 1.29 is 18.1 Å². The number of carbonyl (C=O) groups is 1. The number of benzene rings is 1. The highest BCUT2D eigenvalue weighted by atomic mass is 32.2. The Morgan fingerprint density at radius 1 is 1.38 bits per heavy atom. The van der Waals surface area contributed by atoms with Gasteiger partial charge in [-0.2, -0.15) is 0 Å². The molecule has 2 N–H and O–H groups in total. The molecule has 0 saturated carbocycles. The van der Waals surface area contributed by atoms with Crippen LogP contribution in [-0.2, 0) is 9.84 Å². The topological polar surface area (TPSA) is 118 Å². The number of carbonyl (C=O) groups excluding carboxylic acids is 1. The Hall–Kier alpha value is -2.16. The fourth-order valence-corrected chi connectivity index (χ4v) is 2.09. The number of nitro benzene ring substituents is 1. The molecule has 0 aliphatic carbocycles. The number of nitrogens with zero attached hydrogens (tertiary/aromatic N) is 1. The molecule has 0 bridgehead atoms. The average molecular weight is 315 g/mol. The van der Waals surface area contributed by atoms with E-state index in [0.717, 1.165) is 6.26 Å². The summed E-state index contributed by atoms with van der Waals surface area (Å²) in [5.41, 5.74) is 0.354. The molecule has 1 aromatic carbocycles. The number of hydrogen-bond acceptors (Lipinski definition) is 6. The van der Waals surface area contributed by atoms with Crippen LogP contribution in [0.3, 0.4) is 0 Å². The summed E-state index contributed by atoms with van der Waals surface area (Å²) in [7, 11) is -3.15. The molecular weight excluding hydrogens is 298 g/mol. The van der Waals surface area contributed by atoms with Crippen LogP contribution < -0.4 is 10.6 Å². The van der Waals surface area contributed by atoms with Gasteiger partial charge in [0.15, 0.2) is 0 Å². The van der Waals surface area contributed by atoms with E-state index < -0.39 is 20.7 Å². The van der Waals surface area contributed by atoms with Crippen LogP contribution in [-0.4, -0.2) is 44.3 Å². The van der Waals surface area contributed by atoms with Crippen molar-refractivity contribution >= 4 is 27.1 Å². The number of sulfone groups is 1. The summed E-state index contributed by atoms with van der Waals surface area (Å²) in [6.07, 6.45) is 1.08. The molecule has 0 heterocycles. The Morgan fingerprint density at radius 3 is 2.57 bits per heavy atom. The molecule has 0 unspecified atom stereocenters. The molecular formula is C12H17N3O5S. The first kappa shape index (κ1) is 16.9. The normalized spacial score (nSPS) is 11.0. The summed E-state index contributed by atoms with van der Waals surface area (Å²) < 4.78 is 21.9. The van der Waals surface area contributed by atoms with Crippen LogP contribution in [0.1, 0.15) is 17.3 Å². The van der Waals surface area contributed by atoms with Crippen LogP contribution in [0.25, 0.3) is 0 Å². The highest BCUT2D eigenvalue weighted by Gasteiger charge is 2.16. The average Bonchev–Trinajstić information content (AvgIpc) is 2.37. The number of anilines is 1. The van der Waals surface area contributed by atoms with Crippen molar-refractivity contribution in [2.45, 2.75) is 6.92 Å². The zero-order valence-corrected chi connectivity index (χ0v) is 12.6. The van der Waals surface area contributed by atoms with E-state index in [1.165, 1.54) is 18.2 Å². The van der Waals surface area contributed by atoms with E-state index in [9.17, 15) is 23.3 Å². The largest absolute Gasteiger partial charge is 0.380 e. The Kier molecular flexibility index (Phi) is 5.65. The first-order chi connectivity index (χ1) is 9.74. The van der Waals surface area contributed by atoms with E-state index in [4.69, 9.17) is 0 Å². The predicted molar refractivity (Wildman–Crippen MR) is 79.3 cm³/mol. The fourth-order valence-electron chi connectivity index (χ4n) is 1.62. The van der Waals surface area contributed by atoms with Gasteiger partial charge in [-0.05, 0) is 19.1 Å². The second kappa shape index (κ2) is 7.02. The Labute approximate surface area is 122 Å². The molecule has 1 aromatic rings. The van der Waals surface area contributed by atoms with Gasteiger partial charge in [-0.15, -0.1) is 0 Å². The van der Waals surface area contributed by atoms with Gasteiger partial charge in [-0.1, -0.05) is 0 Å². The van der Waals surface area contributed by atoms with Crippen molar-refractivity contribution in [2.24, 2.45) is 0 Å². The summed E-state index contributed by atoms with van der Waals surface area (Å²) in [4.78, 5) is 22.2. The van der Waals surface area contributed by atoms with Gasteiger partial charge < -0.3 is 10.6 Å². The van der Waals surface area contributed by atoms with Crippen LogP contribution in [0.2, 0.25) is 0 Å². The smallest absolute Gasteiger partial charge is 0.292 e. The highest BCUT2D eigenvalue weighted by molar-refractivity contribution is 7.90. The molecule has 0 spiro atoms. The Morgan fingerprint density at radius 2 is 2.05 bits per heavy atom. The highest BCUT2D eigenvalue weighted by Crippen LogP contribution is 2.25. The molecule has 0 aliphatic rings. The molecule has 9 heteroatoms. The lowest BCUT2D eigenvalue weighted by atomic mass is 10.1. The van der Waals surface area contributed by atoms with Crippen molar-refractivity contribution in [3.05, 3.63) is 33.9 Å². The lowest BCUT2D eigenvalue weighted by Gasteiger charge is -2.08. The molecule has 0 radical (unpaired) electrons. The molecule has 0 saturated heterocycles. The number of nitrogens with one attached hydrogen (secondary N) is 2. The van der Waals surface area contributed by atoms with E-state index in [1.807, 2.05) is 0 Å². The monoisotopic (exact) mass is 315 g/mol. The first-order valence-corrected chi connectivity index (χ1v) is 8.29. The number of hydrogen-bond donors (Lipinski definition) is 2. The van der Waals surface area contributed by atoms with Crippen LogP contribution >= 0.6 is 0 Å².